The number of carbonyl (C=O) groups excluding carboxylic acids is 1. The monoisotopic (exact) mass is 389 g/mol. The predicted molar refractivity (Wildman–Crippen MR) is 111 cm³/mol. The molecule has 1 saturated carbocycles. The summed E-state index contributed by atoms with van der Waals surface area (Å²) in [5, 5.41) is 16.6. The molecule has 6 nitrogen and oxygen atoms in total. The molecular formula is C22H35N3O3. The summed E-state index contributed by atoms with van der Waals surface area (Å²) in [5.74, 6) is 0.827. The molecule has 0 bridgehead atoms. The van der Waals surface area contributed by atoms with Crippen LogP contribution >= 0.6 is 0 Å². The van der Waals surface area contributed by atoms with Crippen LogP contribution in [0.2, 0.25) is 0 Å². The van der Waals surface area contributed by atoms with E-state index in [1.807, 2.05) is 31.2 Å². The molecule has 1 aliphatic heterocycles. The smallest absolute Gasteiger partial charge is 0.315 e. The minimum atomic E-state index is -0.515. The van der Waals surface area contributed by atoms with Crippen molar-refractivity contribution in [3.8, 4) is 5.75 Å². The zero-order valence-electron chi connectivity index (χ0n) is 17.0. The van der Waals surface area contributed by atoms with Crippen LogP contribution in [0, 0.1) is 6.92 Å². The summed E-state index contributed by atoms with van der Waals surface area (Å²) in [6.07, 6.45) is 7.27. The van der Waals surface area contributed by atoms with Gasteiger partial charge in [-0.2, -0.15) is 0 Å². The molecule has 1 saturated heterocycles. The number of amides is 2. The van der Waals surface area contributed by atoms with Gasteiger partial charge >= 0.3 is 6.03 Å². The normalized spacial score (nSPS) is 20.5. The largest absolute Gasteiger partial charge is 0.491 e. The fourth-order valence-corrected chi connectivity index (χ4v) is 4.17. The molecule has 0 spiro atoms. The Morgan fingerprint density at radius 2 is 1.75 bits per heavy atom. The fraction of sp³-hybridized carbons (Fsp3) is 0.682. The molecule has 2 amide bonds. The van der Waals surface area contributed by atoms with Gasteiger partial charge in [-0.15, -0.1) is 0 Å². The van der Waals surface area contributed by atoms with Gasteiger partial charge in [0.1, 0.15) is 18.5 Å². The van der Waals surface area contributed by atoms with E-state index in [4.69, 9.17) is 4.74 Å². The van der Waals surface area contributed by atoms with Crippen molar-refractivity contribution < 1.29 is 14.6 Å². The second-order valence-electron chi connectivity index (χ2n) is 8.26. The molecule has 1 aromatic carbocycles. The zero-order chi connectivity index (χ0) is 19.8. The van der Waals surface area contributed by atoms with Crippen molar-refractivity contribution >= 4 is 6.03 Å². The lowest BCUT2D eigenvalue weighted by molar-refractivity contribution is 0.0581. The molecule has 0 radical (unpaired) electrons. The zero-order valence-corrected chi connectivity index (χ0v) is 17.0. The molecule has 28 heavy (non-hydrogen) atoms. The van der Waals surface area contributed by atoms with E-state index in [0.29, 0.717) is 19.2 Å². The molecule has 156 valence electrons. The lowest BCUT2D eigenvalue weighted by atomic mass is 9.96. The number of ether oxygens (including phenoxy) is 1. The molecule has 3 N–H and O–H groups in total. The number of hydrogen-bond acceptors (Lipinski definition) is 4. The van der Waals surface area contributed by atoms with E-state index in [9.17, 15) is 9.90 Å². The van der Waals surface area contributed by atoms with Gasteiger partial charge in [0.25, 0.3) is 0 Å². The fourth-order valence-electron chi connectivity index (χ4n) is 4.17. The summed E-state index contributed by atoms with van der Waals surface area (Å²) in [6.45, 7) is 4.68. The third kappa shape index (κ3) is 6.67. The summed E-state index contributed by atoms with van der Waals surface area (Å²) < 4.78 is 5.74. The Bertz CT molecular complexity index is 611. The summed E-state index contributed by atoms with van der Waals surface area (Å²) in [5.41, 5.74) is 1.08. The van der Waals surface area contributed by atoms with Gasteiger partial charge in [-0.1, -0.05) is 37.5 Å². The predicted octanol–water partition coefficient (Wildman–Crippen LogP) is 2.83. The molecule has 3 rings (SSSR count). The summed E-state index contributed by atoms with van der Waals surface area (Å²) in [6, 6.07) is 8.40. The van der Waals surface area contributed by atoms with E-state index in [2.05, 4.69) is 15.5 Å². The summed E-state index contributed by atoms with van der Waals surface area (Å²) >= 11 is 0. The standard InChI is InChI=1S/C22H35N3O3/c1-17-7-5-6-10-21(17)28-16-20(26)15-25-13-11-19(12-14-25)24-22(27)23-18-8-3-2-4-9-18/h5-7,10,18-20,26H,2-4,8-9,11-16H2,1H3,(H2,23,24,27). The molecule has 1 heterocycles. The number of aliphatic hydroxyl groups excluding tert-OH is 1. The van der Waals surface area contributed by atoms with E-state index >= 15 is 0 Å². The maximum atomic E-state index is 12.2. The van der Waals surface area contributed by atoms with Crippen molar-refractivity contribution in [2.75, 3.05) is 26.2 Å². The molecular weight excluding hydrogens is 354 g/mol. The van der Waals surface area contributed by atoms with E-state index < -0.39 is 6.10 Å². The quantitative estimate of drug-likeness (QED) is 0.670. The maximum absolute atomic E-state index is 12.2. The first kappa shape index (κ1) is 20.9. The number of piperidine rings is 1. The number of aliphatic hydroxyl groups is 1. The van der Waals surface area contributed by atoms with Gasteiger partial charge in [-0.3, -0.25) is 0 Å². The molecule has 1 atom stereocenters. The first-order valence-electron chi connectivity index (χ1n) is 10.8. The van der Waals surface area contributed by atoms with Gasteiger partial charge in [0.15, 0.2) is 0 Å². The van der Waals surface area contributed by atoms with Crippen LogP contribution in [0.4, 0.5) is 4.79 Å². The van der Waals surface area contributed by atoms with Crippen molar-refractivity contribution in [3.05, 3.63) is 29.8 Å². The number of nitrogens with one attached hydrogen (secondary N) is 2. The van der Waals surface area contributed by atoms with Crippen molar-refractivity contribution in [1.82, 2.24) is 15.5 Å². The number of hydrogen-bond donors (Lipinski definition) is 3. The van der Waals surface area contributed by atoms with Gasteiger partial charge in [0.2, 0.25) is 0 Å². The Morgan fingerprint density at radius 1 is 1.11 bits per heavy atom. The van der Waals surface area contributed by atoms with Crippen LogP contribution in [0.5, 0.6) is 5.75 Å². The number of para-hydroxylation sites is 1. The van der Waals surface area contributed by atoms with Gasteiger partial charge < -0.3 is 25.4 Å². The van der Waals surface area contributed by atoms with Crippen LogP contribution in [-0.2, 0) is 0 Å². The molecule has 0 aromatic heterocycles. The van der Waals surface area contributed by atoms with Crippen LogP contribution in [0.3, 0.4) is 0 Å². The van der Waals surface area contributed by atoms with E-state index in [0.717, 1.165) is 50.1 Å². The average Bonchev–Trinajstić information content (AvgIpc) is 2.69. The topological polar surface area (TPSA) is 73.8 Å². The highest BCUT2D eigenvalue weighted by atomic mass is 16.5. The number of rotatable bonds is 7. The Labute approximate surface area is 168 Å². The number of urea groups is 1. The first-order valence-corrected chi connectivity index (χ1v) is 10.8. The minimum absolute atomic E-state index is 0.0167. The van der Waals surface area contributed by atoms with E-state index in [-0.39, 0.29) is 12.1 Å². The van der Waals surface area contributed by atoms with E-state index in [1.165, 1.54) is 19.3 Å². The summed E-state index contributed by atoms with van der Waals surface area (Å²) in [7, 11) is 0. The minimum Gasteiger partial charge on any atom is -0.491 e. The number of benzene rings is 1. The Hall–Kier alpha value is -1.79. The van der Waals surface area contributed by atoms with Gasteiger partial charge in [-0.05, 0) is 44.2 Å². The third-order valence-corrected chi connectivity index (χ3v) is 5.86. The lowest BCUT2D eigenvalue weighted by Gasteiger charge is -2.34. The number of likely N-dealkylation sites (tertiary alicyclic amines) is 1. The second kappa shape index (κ2) is 10.7. The second-order valence-corrected chi connectivity index (χ2v) is 8.26. The Kier molecular flexibility index (Phi) is 7.98. The van der Waals surface area contributed by atoms with Crippen LogP contribution in [-0.4, -0.2) is 60.5 Å². The van der Waals surface area contributed by atoms with Crippen LogP contribution in [0.1, 0.15) is 50.5 Å². The van der Waals surface area contributed by atoms with Crippen LogP contribution in [0.25, 0.3) is 0 Å². The number of carbonyl (C=O) groups is 1. The SMILES string of the molecule is Cc1ccccc1OCC(O)CN1CCC(NC(=O)NC2CCCCC2)CC1. The number of nitrogens with zero attached hydrogens (tertiary/aromatic N) is 1. The highest BCUT2D eigenvalue weighted by Crippen LogP contribution is 2.18. The molecule has 2 fully saturated rings. The maximum Gasteiger partial charge on any atom is 0.315 e. The van der Waals surface area contributed by atoms with Crippen molar-refractivity contribution in [2.45, 2.75) is 70.1 Å². The molecule has 2 aliphatic rings. The molecule has 1 aromatic rings. The summed E-state index contributed by atoms with van der Waals surface area (Å²) in [4.78, 5) is 14.4. The van der Waals surface area contributed by atoms with E-state index in [1.54, 1.807) is 0 Å². The average molecular weight is 390 g/mol. The Balaban J connectivity index is 1.31. The number of aryl methyl sites for hydroxylation is 1. The van der Waals surface area contributed by atoms with Crippen molar-refractivity contribution in [1.29, 1.82) is 0 Å². The number of β-amino-alcohol motifs (C(OH)–C–C–N with tert-alkyl or cyclic N) is 1. The van der Waals surface area contributed by atoms with Crippen LogP contribution in [0.15, 0.2) is 24.3 Å². The van der Waals surface area contributed by atoms with Gasteiger partial charge in [0, 0.05) is 31.7 Å². The Morgan fingerprint density at radius 3 is 2.43 bits per heavy atom. The van der Waals surface area contributed by atoms with Crippen LogP contribution < -0.4 is 15.4 Å². The van der Waals surface area contributed by atoms with Gasteiger partial charge in [0.05, 0.1) is 0 Å². The highest BCUT2D eigenvalue weighted by Gasteiger charge is 2.23. The van der Waals surface area contributed by atoms with Crippen molar-refractivity contribution in [3.63, 3.8) is 0 Å². The highest BCUT2D eigenvalue weighted by molar-refractivity contribution is 5.74. The first-order chi connectivity index (χ1) is 13.6. The molecule has 6 heteroatoms. The molecule has 1 aliphatic carbocycles. The lowest BCUT2D eigenvalue weighted by Crippen LogP contribution is -2.51. The van der Waals surface area contributed by atoms with Crippen molar-refractivity contribution in [2.24, 2.45) is 0 Å². The van der Waals surface area contributed by atoms with Gasteiger partial charge in [-0.25, -0.2) is 4.79 Å². The molecule has 1 unspecified atom stereocenters. The third-order valence-electron chi connectivity index (χ3n) is 5.86.